The van der Waals surface area contributed by atoms with Gasteiger partial charge < -0.3 is 16.4 Å². The van der Waals surface area contributed by atoms with Gasteiger partial charge in [0.2, 0.25) is 5.91 Å². The average molecular weight is 249 g/mol. The highest BCUT2D eigenvalue weighted by atomic mass is 19.3. The molecule has 2 unspecified atom stereocenters. The summed E-state index contributed by atoms with van der Waals surface area (Å²) in [6.07, 6.45) is 0.640. The zero-order valence-corrected chi connectivity index (χ0v) is 10.2. The minimum absolute atomic E-state index is 0.0140. The summed E-state index contributed by atoms with van der Waals surface area (Å²) in [7, 11) is 1.64. The minimum Gasteiger partial charge on any atom is -0.368 e. The van der Waals surface area contributed by atoms with Crippen molar-refractivity contribution in [3.8, 4) is 0 Å². The van der Waals surface area contributed by atoms with Crippen LogP contribution in [0.25, 0.3) is 0 Å². The maximum atomic E-state index is 12.1. The second-order valence-electron chi connectivity index (χ2n) is 4.94. The SMILES string of the molecule is CN(CCC1CCCC1(N)C(N)=O)CC(F)F. The third kappa shape index (κ3) is 3.61. The van der Waals surface area contributed by atoms with Gasteiger partial charge in [0.15, 0.2) is 0 Å². The van der Waals surface area contributed by atoms with Crippen molar-refractivity contribution in [1.29, 1.82) is 0 Å². The molecule has 1 rings (SSSR count). The van der Waals surface area contributed by atoms with Crippen LogP contribution in [-0.4, -0.2) is 42.9 Å². The summed E-state index contributed by atoms with van der Waals surface area (Å²) in [6, 6.07) is 0. The number of rotatable bonds is 6. The molecule has 1 saturated carbocycles. The molecule has 0 radical (unpaired) electrons. The van der Waals surface area contributed by atoms with Gasteiger partial charge >= 0.3 is 0 Å². The van der Waals surface area contributed by atoms with Crippen molar-refractivity contribution >= 4 is 5.91 Å². The highest BCUT2D eigenvalue weighted by molar-refractivity contribution is 5.85. The molecule has 0 heterocycles. The van der Waals surface area contributed by atoms with Crippen molar-refractivity contribution in [3.05, 3.63) is 0 Å². The van der Waals surface area contributed by atoms with Crippen LogP contribution in [0.3, 0.4) is 0 Å². The van der Waals surface area contributed by atoms with Crippen molar-refractivity contribution in [2.24, 2.45) is 17.4 Å². The Bertz CT molecular complexity index is 275. The third-order valence-electron chi connectivity index (χ3n) is 3.64. The average Bonchev–Trinajstić information content (AvgIpc) is 2.57. The van der Waals surface area contributed by atoms with Gasteiger partial charge in [-0.2, -0.15) is 0 Å². The molecule has 0 aromatic carbocycles. The van der Waals surface area contributed by atoms with E-state index < -0.39 is 17.9 Å². The van der Waals surface area contributed by atoms with Gasteiger partial charge in [0.05, 0.1) is 12.1 Å². The number of alkyl halides is 2. The molecular weight excluding hydrogens is 228 g/mol. The highest BCUT2D eigenvalue weighted by Crippen LogP contribution is 2.35. The van der Waals surface area contributed by atoms with Gasteiger partial charge in [-0.05, 0) is 38.8 Å². The van der Waals surface area contributed by atoms with E-state index in [0.717, 1.165) is 12.8 Å². The monoisotopic (exact) mass is 249 g/mol. The molecule has 0 aromatic heterocycles. The molecule has 100 valence electrons. The van der Waals surface area contributed by atoms with Crippen LogP contribution in [-0.2, 0) is 4.79 Å². The fraction of sp³-hybridized carbons (Fsp3) is 0.909. The maximum Gasteiger partial charge on any atom is 0.251 e. The molecule has 0 spiro atoms. The Morgan fingerprint density at radius 2 is 2.24 bits per heavy atom. The van der Waals surface area contributed by atoms with Crippen LogP contribution in [0.1, 0.15) is 25.7 Å². The normalized spacial score (nSPS) is 29.2. The van der Waals surface area contributed by atoms with Gasteiger partial charge in [0, 0.05) is 0 Å². The Labute approximate surface area is 100 Å². The summed E-state index contributed by atoms with van der Waals surface area (Å²) in [4.78, 5) is 12.9. The van der Waals surface area contributed by atoms with Gasteiger partial charge in [-0.15, -0.1) is 0 Å². The van der Waals surface area contributed by atoms with Gasteiger partial charge in [-0.1, -0.05) is 6.42 Å². The number of carbonyl (C=O) groups is 1. The first-order chi connectivity index (χ1) is 7.86. The number of nitrogens with zero attached hydrogens (tertiary/aromatic N) is 1. The van der Waals surface area contributed by atoms with Crippen molar-refractivity contribution in [2.75, 3.05) is 20.1 Å². The topological polar surface area (TPSA) is 72.3 Å². The number of amides is 1. The molecule has 6 heteroatoms. The summed E-state index contributed by atoms with van der Waals surface area (Å²) >= 11 is 0. The van der Waals surface area contributed by atoms with Crippen molar-refractivity contribution in [3.63, 3.8) is 0 Å². The van der Waals surface area contributed by atoms with Crippen LogP contribution in [0.5, 0.6) is 0 Å². The molecule has 0 saturated heterocycles. The zero-order valence-electron chi connectivity index (χ0n) is 10.2. The van der Waals surface area contributed by atoms with E-state index in [-0.39, 0.29) is 12.5 Å². The van der Waals surface area contributed by atoms with Crippen LogP contribution in [0.15, 0.2) is 0 Å². The molecule has 1 aliphatic carbocycles. The number of hydrogen-bond acceptors (Lipinski definition) is 3. The Hall–Kier alpha value is -0.750. The summed E-state index contributed by atoms with van der Waals surface area (Å²) in [6.45, 7) is 0.266. The number of primary amides is 1. The van der Waals surface area contributed by atoms with Crippen LogP contribution >= 0.6 is 0 Å². The van der Waals surface area contributed by atoms with Gasteiger partial charge in [-0.25, -0.2) is 8.78 Å². The smallest absolute Gasteiger partial charge is 0.251 e. The van der Waals surface area contributed by atoms with E-state index in [1.807, 2.05) is 0 Å². The summed E-state index contributed by atoms with van der Waals surface area (Å²) in [5.41, 5.74) is 10.4. The Morgan fingerprint density at radius 3 is 2.76 bits per heavy atom. The van der Waals surface area contributed by atoms with Gasteiger partial charge in [0.25, 0.3) is 6.43 Å². The second kappa shape index (κ2) is 5.73. The fourth-order valence-corrected chi connectivity index (χ4v) is 2.53. The quantitative estimate of drug-likeness (QED) is 0.722. The van der Waals surface area contributed by atoms with E-state index in [4.69, 9.17) is 11.5 Å². The largest absolute Gasteiger partial charge is 0.368 e. The van der Waals surface area contributed by atoms with Crippen molar-refractivity contribution < 1.29 is 13.6 Å². The molecule has 4 N–H and O–H groups in total. The second-order valence-corrected chi connectivity index (χ2v) is 4.94. The predicted molar refractivity (Wildman–Crippen MR) is 61.6 cm³/mol. The van der Waals surface area contributed by atoms with E-state index >= 15 is 0 Å². The number of hydrogen-bond donors (Lipinski definition) is 2. The molecule has 1 amide bonds. The predicted octanol–water partition coefficient (Wildman–Crippen LogP) is 0.556. The lowest BCUT2D eigenvalue weighted by atomic mass is 9.85. The standard InChI is InChI=1S/C11H21F2N3O/c1-16(7-9(12)13)6-4-8-3-2-5-11(8,15)10(14)17/h8-9H,2-7,15H2,1H3,(H2,14,17). The van der Waals surface area contributed by atoms with Crippen LogP contribution in [0.4, 0.5) is 8.78 Å². The molecule has 2 atom stereocenters. The van der Waals surface area contributed by atoms with E-state index in [2.05, 4.69) is 0 Å². The molecule has 0 aliphatic heterocycles. The summed E-state index contributed by atoms with van der Waals surface area (Å²) in [5, 5.41) is 0. The fourth-order valence-electron chi connectivity index (χ4n) is 2.53. The minimum atomic E-state index is -2.33. The molecule has 4 nitrogen and oxygen atoms in total. The summed E-state index contributed by atoms with van der Waals surface area (Å²) in [5.74, 6) is -0.461. The lowest BCUT2D eigenvalue weighted by Crippen LogP contribution is -2.55. The maximum absolute atomic E-state index is 12.1. The molecule has 0 aromatic rings. The number of carbonyl (C=O) groups excluding carboxylic acids is 1. The van der Waals surface area contributed by atoms with Crippen molar-refractivity contribution in [2.45, 2.75) is 37.6 Å². The van der Waals surface area contributed by atoms with Crippen LogP contribution < -0.4 is 11.5 Å². The Morgan fingerprint density at radius 1 is 1.59 bits per heavy atom. The zero-order chi connectivity index (χ0) is 13.1. The van der Waals surface area contributed by atoms with E-state index in [0.29, 0.717) is 19.4 Å². The molecule has 1 aliphatic rings. The van der Waals surface area contributed by atoms with Gasteiger partial charge in [-0.3, -0.25) is 4.79 Å². The van der Waals surface area contributed by atoms with E-state index in [1.165, 1.54) is 0 Å². The van der Waals surface area contributed by atoms with E-state index in [9.17, 15) is 13.6 Å². The lowest BCUT2D eigenvalue weighted by Gasteiger charge is -2.29. The molecule has 1 fully saturated rings. The molecular formula is C11H21F2N3O. The van der Waals surface area contributed by atoms with Crippen molar-refractivity contribution in [1.82, 2.24) is 4.90 Å². The first-order valence-corrected chi connectivity index (χ1v) is 5.91. The molecule has 17 heavy (non-hydrogen) atoms. The van der Waals surface area contributed by atoms with Crippen LogP contribution in [0, 0.1) is 5.92 Å². The summed E-state index contributed by atoms with van der Waals surface area (Å²) < 4.78 is 24.3. The number of nitrogens with two attached hydrogens (primary N) is 2. The Kier molecular flexibility index (Phi) is 4.82. The lowest BCUT2D eigenvalue weighted by molar-refractivity contribution is -0.124. The van der Waals surface area contributed by atoms with Crippen LogP contribution in [0.2, 0.25) is 0 Å². The Balaban J connectivity index is 2.43. The first-order valence-electron chi connectivity index (χ1n) is 5.91. The van der Waals surface area contributed by atoms with E-state index in [1.54, 1.807) is 11.9 Å². The van der Waals surface area contributed by atoms with Gasteiger partial charge in [0.1, 0.15) is 0 Å². The number of halogens is 2. The first kappa shape index (κ1) is 14.3. The highest BCUT2D eigenvalue weighted by Gasteiger charge is 2.43. The third-order valence-corrected chi connectivity index (χ3v) is 3.64. The molecule has 0 bridgehead atoms.